The smallest absolute Gasteiger partial charge is 0.242 e. The number of anilines is 1. The molecule has 0 spiro atoms. The lowest BCUT2D eigenvalue weighted by Crippen LogP contribution is -2.10. The molecular weight excluding hydrogens is 362 g/mol. The second kappa shape index (κ2) is 10.4. The van der Waals surface area contributed by atoms with Gasteiger partial charge in [-0.2, -0.15) is 4.98 Å². The summed E-state index contributed by atoms with van der Waals surface area (Å²) in [6.45, 7) is 9.10. The van der Waals surface area contributed by atoms with Crippen molar-refractivity contribution in [2.45, 2.75) is 59.5 Å². The minimum absolute atomic E-state index is 0.0889. The standard InChI is InChI=1S/C21H30ClN3O2/c1-6-8-9-12-23-20-18(7-2)24-19(21(25-20)26-5)16-11-10-15(13-17(16)22)27-14(3)4/h10-11,13-14H,6-9,12H2,1-5H3,(H,23,25). The van der Waals surface area contributed by atoms with Gasteiger partial charge in [0.1, 0.15) is 11.4 Å². The first-order chi connectivity index (χ1) is 13.0. The molecule has 1 heterocycles. The number of methoxy groups -OCH3 is 1. The van der Waals surface area contributed by atoms with Gasteiger partial charge in [-0.05, 0) is 44.9 Å². The Morgan fingerprint density at radius 1 is 1.15 bits per heavy atom. The molecule has 0 radical (unpaired) electrons. The molecule has 0 aliphatic heterocycles. The number of rotatable bonds is 10. The first-order valence-electron chi connectivity index (χ1n) is 9.65. The summed E-state index contributed by atoms with van der Waals surface area (Å²) in [5.74, 6) is 1.98. The van der Waals surface area contributed by atoms with E-state index in [1.54, 1.807) is 13.2 Å². The Labute approximate surface area is 167 Å². The van der Waals surface area contributed by atoms with Gasteiger partial charge < -0.3 is 14.8 Å². The van der Waals surface area contributed by atoms with Crippen LogP contribution in [0.4, 0.5) is 5.82 Å². The fraction of sp³-hybridized carbons (Fsp3) is 0.524. The highest BCUT2D eigenvalue weighted by atomic mass is 35.5. The van der Waals surface area contributed by atoms with Gasteiger partial charge >= 0.3 is 0 Å². The lowest BCUT2D eigenvalue weighted by atomic mass is 10.1. The van der Waals surface area contributed by atoms with Gasteiger partial charge in [-0.15, -0.1) is 0 Å². The molecule has 0 aliphatic carbocycles. The van der Waals surface area contributed by atoms with Crippen molar-refractivity contribution in [2.24, 2.45) is 0 Å². The number of aromatic nitrogens is 2. The van der Waals surface area contributed by atoms with Crippen molar-refractivity contribution < 1.29 is 9.47 Å². The Balaban J connectivity index is 2.36. The zero-order valence-corrected chi connectivity index (χ0v) is 17.7. The van der Waals surface area contributed by atoms with E-state index < -0.39 is 0 Å². The first-order valence-corrected chi connectivity index (χ1v) is 10.0. The van der Waals surface area contributed by atoms with Crippen LogP contribution in [0.15, 0.2) is 18.2 Å². The average molecular weight is 392 g/mol. The molecule has 0 atom stereocenters. The highest BCUT2D eigenvalue weighted by Crippen LogP contribution is 2.36. The molecule has 0 bridgehead atoms. The largest absolute Gasteiger partial charge is 0.491 e. The van der Waals surface area contributed by atoms with Crippen LogP contribution in [0.25, 0.3) is 11.3 Å². The predicted molar refractivity (Wildman–Crippen MR) is 112 cm³/mol. The molecule has 0 fully saturated rings. The third-order valence-corrected chi connectivity index (χ3v) is 4.42. The minimum Gasteiger partial charge on any atom is -0.491 e. The van der Waals surface area contributed by atoms with Gasteiger partial charge in [0, 0.05) is 12.1 Å². The Kier molecular flexibility index (Phi) is 8.17. The topological polar surface area (TPSA) is 56.3 Å². The van der Waals surface area contributed by atoms with E-state index in [1.807, 2.05) is 26.0 Å². The molecule has 0 saturated heterocycles. The molecule has 1 aromatic carbocycles. The van der Waals surface area contributed by atoms with E-state index in [1.165, 1.54) is 12.8 Å². The lowest BCUT2D eigenvalue weighted by molar-refractivity contribution is 0.242. The number of hydrogen-bond donors (Lipinski definition) is 1. The van der Waals surface area contributed by atoms with E-state index in [0.717, 1.165) is 42.2 Å². The molecule has 0 aliphatic rings. The van der Waals surface area contributed by atoms with Crippen LogP contribution in [-0.2, 0) is 6.42 Å². The summed E-state index contributed by atoms with van der Waals surface area (Å²) in [7, 11) is 1.60. The number of aryl methyl sites for hydroxylation is 1. The highest BCUT2D eigenvalue weighted by Gasteiger charge is 2.18. The molecule has 1 aromatic heterocycles. The SMILES string of the molecule is CCCCCNc1nc(OC)c(-c2ccc(OC(C)C)cc2Cl)nc1CC. The van der Waals surface area contributed by atoms with E-state index in [2.05, 4.69) is 24.1 Å². The number of unbranched alkanes of at least 4 members (excludes halogenated alkanes) is 2. The van der Waals surface area contributed by atoms with Gasteiger partial charge in [-0.25, -0.2) is 4.98 Å². The molecule has 6 heteroatoms. The third kappa shape index (κ3) is 5.73. The van der Waals surface area contributed by atoms with Crippen LogP contribution in [-0.4, -0.2) is 29.7 Å². The van der Waals surface area contributed by atoms with Crippen LogP contribution >= 0.6 is 11.6 Å². The zero-order chi connectivity index (χ0) is 19.8. The minimum atomic E-state index is 0.0889. The number of ether oxygens (including phenoxy) is 2. The summed E-state index contributed by atoms with van der Waals surface area (Å²) in [6.07, 6.45) is 4.34. The predicted octanol–water partition coefficient (Wildman–Crippen LogP) is 5.76. The molecule has 0 saturated carbocycles. The maximum atomic E-state index is 6.51. The lowest BCUT2D eigenvalue weighted by Gasteiger charge is -2.16. The number of hydrogen-bond acceptors (Lipinski definition) is 5. The van der Waals surface area contributed by atoms with Crippen molar-refractivity contribution in [3.63, 3.8) is 0 Å². The molecule has 0 amide bonds. The summed E-state index contributed by atoms with van der Waals surface area (Å²) in [6, 6.07) is 5.60. The zero-order valence-electron chi connectivity index (χ0n) is 16.9. The Morgan fingerprint density at radius 2 is 1.93 bits per heavy atom. The Morgan fingerprint density at radius 3 is 2.52 bits per heavy atom. The van der Waals surface area contributed by atoms with E-state index in [9.17, 15) is 0 Å². The van der Waals surface area contributed by atoms with Crippen LogP contribution in [0.2, 0.25) is 5.02 Å². The Bertz CT molecular complexity index is 750. The quantitative estimate of drug-likeness (QED) is 0.522. The first kappa shape index (κ1) is 21.3. The summed E-state index contributed by atoms with van der Waals surface area (Å²) in [5.41, 5.74) is 2.33. The molecule has 5 nitrogen and oxygen atoms in total. The van der Waals surface area contributed by atoms with E-state index >= 15 is 0 Å². The van der Waals surface area contributed by atoms with Crippen LogP contribution in [0.5, 0.6) is 11.6 Å². The molecule has 148 valence electrons. The summed E-state index contributed by atoms with van der Waals surface area (Å²) in [5, 5.41) is 3.95. The van der Waals surface area contributed by atoms with Crippen molar-refractivity contribution in [2.75, 3.05) is 19.0 Å². The van der Waals surface area contributed by atoms with Crippen LogP contribution in [0, 0.1) is 0 Å². The van der Waals surface area contributed by atoms with Crippen LogP contribution in [0.1, 0.15) is 52.7 Å². The van der Waals surface area contributed by atoms with E-state index in [0.29, 0.717) is 16.6 Å². The number of nitrogens with one attached hydrogen (secondary N) is 1. The number of nitrogens with zero attached hydrogens (tertiary/aromatic N) is 2. The normalized spacial score (nSPS) is 10.9. The van der Waals surface area contributed by atoms with Gasteiger partial charge in [0.2, 0.25) is 5.88 Å². The average Bonchev–Trinajstić information content (AvgIpc) is 2.64. The maximum Gasteiger partial charge on any atom is 0.242 e. The number of halogens is 1. The Hall–Kier alpha value is -2.01. The van der Waals surface area contributed by atoms with Crippen LogP contribution in [0.3, 0.4) is 0 Å². The van der Waals surface area contributed by atoms with Gasteiger partial charge in [0.25, 0.3) is 0 Å². The van der Waals surface area contributed by atoms with E-state index in [4.69, 9.17) is 26.1 Å². The second-order valence-electron chi connectivity index (χ2n) is 6.67. The van der Waals surface area contributed by atoms with Gasteiger partial charge in [0.15, 0.2) is 5.82 Å². The van der Waals surface area contributed by atoms with Gasteiger partial charge in [-0.1, -0.05) is 38.3 Å². The molecule has 2 rings (SSSR count). The maximum absolute atomic E-state index is 6.51. The second-order valence-corrected chi connectivity index (χ2v) is 7.08. The summed E-state index contributed by atoms with van der Waals surface area (Å²) >= 11 is 6.51. The van der Waals surface area contributed by atoms with Gasteiger partial charge in [-0.3, -0.25) is 0 Å². The molecule has 1 N–H and O–H groups in total. The molecule has 2 aromatic rings. The van der Waals surface area contributed by atoms with E-state index in [-0.39, 0.29) is 6.10 Å². The number of benzene rings is 1. The molecular formula is C21H30ClN3O2. The molecule has 27 heavy (non-hydrogen) atoms. The van der Waals surface area contributed by atoms with Crippen molar-refractivity contribution in [3.8, 4) is 22.9 Å². The third-order valence-electron chi connectivity index (χ3n) is 4.10. The highest BCUT2D eigenvalue weighted by molar-refractivity contribution is 6.33. The fourth-order valence-corrected chi connectivity index (χ4v) is 3.04. The van der Waals surface area contributed by atoms with Crippen molar-refractivity contribution in [1.82, 2.24) is 9.97 Å². The summed E-state index contributed by atoms with van der Waals surface area (Å²) in [4.78, 5) is 9.47. The van der Waals surface area contributed by atoms with Crippen molar-refractivity contribution >= 4 is 17.4 Å². The summed E-state index contributed by atoms with van der Waals surface area (Å²) < 4.78 is 11.2. The molecule has 0 unspecified atom stereocenters. The van der Waals surface area contributed by atoms with Crippen LogP contribution < -0.4 is 14.8 Å². The monoisotopic (exact) mass is 391 g/mol. The van der Waals surface area contributed by atoms with Crippen molar-refractivity contribution in [3.05, 3.63) is 28.9 Å². The van der Waals surface area contributed by atoms with Crippen molar-refractivity contribution in [1.29, 1.82) is 0 Å². The van der Waals surface area contributed by atoms with Gasteiger partial charge in [0.05, 0.1) is 23.9 Å². The fourth-order valence-electron chi connectivity index (χ4n) is 2.78.